The average Bonchev–Trinajstić information content (AvgIpc) is 3.14. The van der Waals surface area contributed by atoms with Gasteiger partial charge in [0.1, 0.15) is 6.10 Å². The van der Waals surface area contributed by atoms with Gasteiger partial charge < -0.3 is 14.6 Å². The molecule has 0 bridgehead atoms. The molecule has 0 aromatic heterocycles. The molecule has 0 heterocycles. The molecule has 0 fully saturated rings. The van der Waals surface area contributed by atoms with Crippen molar-refractivity contribution in [2.75, 3.05) is 19.8 Å². The van der Waals surface area contributed by atoms with Crippen molar-refractivity contribution in [1.29, 1.82) is 0 Å². The van der Waals surface area contributed by atoms with Gasteiger partial charge in [-0.15, -0.1) is 0 Å². The van der Waals surface area contributed by atoms with E-state index >= 15 is 0 Å². The molecule has 4 nitrogen and oxygen atoms in total. The zero-order valence-corrected chi connectivity index (χ0v) is 33.9. The lowest BCUT2D eigenvalue weighted by molar-refractivity contribution is -0.154. The minimum absolute atomic E-state index is 0.173. The molecule has 4 heteroatoms. The van der Waals surface area contributed by atoms with Gasteiger partial charge in [0, 0.05) is 13.0 Å². The quantitative estimate of drug-likeness (QED) is 0.0390. The van der Waals surface area contributed by atoms with Gasteiger partial charge in [-0.25, -0.2) is 0 Å². The van der Waals surface area contributed by atoms with Gasteiger partial charge in [-0.1, -0.05) is 203 Å². The number of ether oxygens (including phenoxy) is 2. The van der Waals surface area contributed by atoms with Crippen molar-refractivity contribution in [2.24, 2.45) is 0 Å². The van der Waals surface area contributed by atoms with Gasteiger partial charge in [0.25, 0.3) is 0 Å². The summed E-state index contributed by atoms with van der Waals surface area (Å²) in [5, 5.41) is 9.59. The fraction of sp³-hybridized carbons (Fsp3) is 0.766. The molecule has 51 heavy (non-hydrogen) atoms. The highest BCUT2D eigenvalue weighted by Gasteiger charge is 2.13. The van der Waals surface area contributed by atoms with E-state index in [0.29, 0.717) is 19.6 Å². The highest BCUT2D eigenvalue weighted by Crippen LogP contribution is 2.14. The molecule has 0 spiro atoms. The number of hydrogen-bond donors (Lipinski definition) is 1. The lowest BCUT2D eigenvalue weighted by Crippen LogP contribution is -2.27. The van der Waals surface area contributed by atoms with Crippen LogP contribution in [0.15, 0.2) is 60.8 Å². The van der Waals surface area contributed by atoms with Crippen molar-refractivity contribution in [3.05, 3.63) is 60.8 Å². The Morgan fingerprint density at radius 1 is 0.490 bits per heavy atom. The molecule has 1 unspecified atom stereocenters. The number of aliphatic hydroxyl groups is 1. The lowest BCUT2D eigenvalue weighted by Gasteiger charge is -2.16. The van der Waals surface area contributed by atoms with E-state index in [1.165, 1.54) is 135 Å². The molecular weight excluding hydrogens is 629 g/mol. The van der Waals surface area contributed by atoms with E-state index in [9.17, 15) is 9.90 Å². The fourth-order valence-corrected chi connectivity index (χ4v) is 6.12. The van der Waals surface area contributed by atoms with Crippen LogP contribution >= 0.6 is 0 Å². The number of esters is 1. The molecule has 0 rings (SSSR count). The number of rotatable bonds is 40. The molecule has 0 saturated heterocycles. The number of allylic oxidation sites excluding steroid dienone is 10. The third-order valence-electron chi connectivity index (χ3n) is 9.36. The first-order valence-electron chi connectivity index (χ1n) is 21.9. The molecular formula is C47H84O4. The number of carbonyl (C=O) groups excluding carboxylic acids is 1. The van der Waals surface area contributed by atoms with Crippen LogP contribution in [0.4, 0.5) is 0 Å². The topological polar surface area (TPSA) is 55.8 Å². The van der Waals surface area contributed by atoms with Crippen LogP contribution in [0.2, 0.25) is 0 Å². The van der Waals surface area contributed by atoms with Crippen molar-refractivity contribution in [3.8, 4) is 0 Å². The van der Waals surface area contributed by atoms with Crippen LogP contribution in [0.25, 0.3) is 0 Å². The van der Waals surface area contributed by atoms with E-state index in [0.717, 1.165) is 51.4 Å². The minimum Gasteiger partial charge on any atom is -0.457 e. The Kier molecular flexibility index (Phi) is 42.6. The third kappa shape index (κ3) is 42.4. The first-order valence-corrected chi connectivity index (χ1v) is 21.9. The van der Waals surface area contributed by atoms with Gasteiger partial charge in [-0.05, 0) is 57.8 Å². The Morgan fingerprint density at radius 3 is 1.33 bits per heavy atom. The Hall–Kier alpha value is -1.91. The van der Waals surface area contributed by atoms with Crippen LogP contribution < -0.4 is 0 Å². The molecule has 0 aliphatic heterocycles. The fourth-order valence-electron chi connectivity index (χ4n) is 6.12. The Bertz CT molecular complexity index is 839. The second kappa shape index (κ2) is 44.3. The van der Waals surface area contributed by atoms with Gasteiger partial charge >= 0.3 is 5.97 Å². The van der Waals surface area contributed by atoms with Crippen molar-refractivity contribution < 1.29 is 19.4 Å². The summed E-state index contributed by atoms with van der Waals surface area (Å²) >= 11 is 0. The number of unbranched alkanes of at least 4 members (excludes halogenated alkanes) is 22. The Balaban J connectivity index is 3.44. The van der Waals surface area contributed by atoms with E-state index in [2.05, 4.69) is 74.6 Å². The number of aliphatic hydroxyl groups excluding tert-OH is 1. The molecule has 296 valence electrons. The molecule has 0 saturated carbocycles. The summed E-state index contributed by atoms with van der Waals surface area (Å²) in [6.45, 7) is 5.23. The molecule has 0 radical (unpaired) electrons. The van der Waals surface area contributed by atoms with Crippen LogP contribution in [-0.4, -0.2) is 37.0 Å². The SMILES string of the molecule is CC/C=C\C/C=C\C/C=C\C/C=C\C/C=C\CCCCCCCCCCCCOCC(CO)OC(=O)CCCCCCCCCCCCCCC. The molecule has 0 aromatic rings. The van der Waals surface area contributed by atoms with Crippen LogP contribution in [0, 0.1) is 0 Å². The van der Waals surface area contributed by atoms with Crippen molar-refractivity contribution in [1.82, 2.24) is 0 Å². The third-order valence-corrected chi connectivity index (χ3v) is 9.36. The average molecular weight is 713 g/mol. The smallest absolute Gasteiger partial charge is 0.306 e. The standard InChI is InChI=1S/C47H84O4/c1-3-5-7-9-11-13-15-17-18-19-20-21-22-23-24-25-26-27-28-29-31-33-35-37-39-41-43-50-45-46(44-48)51-47(49)42-40-38-36-34-32-30-16-14-12-10-8-6-4-2/h5,7,11,13,17-18,20-21,23-24,46,48H,3-4,6,8-10,12,14-16,19,22,25-45H2,1-2H3/b7-5-,13-11-,18-17-,21-20-,24-23-. The molecule has 0 aromatic carbocycles. The monoisotopic (exact) mass is 713 g/mol. The maximum Gasteiger partial charge on any atom is 0.306 e. The van der Waals surface area contributed by atoms with Gasteiger partial charge in [-0.2, -0.15) is 0 Å². The van der Waals surface area contributed by atoms with Gasteiger partial charge in [0.05, 0.1) is 13.2 Å². The zero-order chi connectivity index (χ0) is 37.0. The highest BCUT2D eigenvalue weighted by atomic mass is 16.6. The zero-order valence-electron chi connectivity index (χ0n) is 33.9. The molecule has 1 N–H and O–H groups in total. The largest absolute Gasteiger partial charge is 0.457 e. The van der Waals surface area contributed by atoms with Crippen molar-refractivity contribution >= 4 is 5.97 Å². The normalized spacial score (nSPS) is 12.9. The molecule has 0 amide bonds. The highest BCUT2D eigenvalue weighted by molar-refractivity contribution is 5.69. The number of hydrogen-bond acceptors (Lipinski definition) is 4. The van der Waals surface area contributed by atoms with E-state index in [1.807, 2.05) is 0 Å². The summed E-state index contributed by atoms with van der Waals surface area (Å²) in [5.41, 5.74) is 0. The maximum atomic E-state index is 12.2. The van der Waals surface area contributed by atoms with Gasteiger partial charge in [0.2, 0.25) is 0 Å². The summed E-state index contributed by atoms with van der Waals surface area (Å²) in [7, 11) is 0. The van der Waals surface area contributed by atoms with Gasteiger partial charge in [-0.3, -0.25) is 4.79 Å². The lowest BCUT2D eigenvalue weighted by atomic mass is 10.0. The van der Waals surface area contributed by atoms with E-state index in [4.69, 9.17) is 9.47 Å². The van der Waals surface area contributed by atoms with Crippen LogP contribution in [0.3, 0.4) is 0 Å². The molecule has 0 aliphatic rings. The summed E-state index contributed by atoms with van der Waals surface area (Å²) in [4.78, 5) is 12.2. The van der Waals surface area contributed by atoms with Gasteiger partial charge in [0.15, 0.2) is 0 Å². The summed E-state index contributed by atoms with van der Waals surface area (Å²) in [5.74, 6) is -0.203. The molecule has 0 aliphatic carbocycles. The second-order valence-electron chi connectivity index (χ2n) is 14.4. The first-order chi connectivity index (χ1) is 25.2. The summed E-state index contributed by atoms with van der Waals surface area (Å²) in [6, 6.07) is 0. The van der Waals surface area contributed by atoms with E-state index in [1.54, 1.807) is 0 Å². The predicted molar refractivity (Wildman–Crippen MR) is 223 cm³/mol. The summed E-state index contributed by atoms with van der Waals surface area (Å²) < 4.78 is 11.2. The van der Waals surface area contributed by atoms with Crippen LogP contribution in [0.1, 0.15) is 206 Å². The van der Waals surface area contributed by atoms with E-state index in [-0.39, 0.29) is 12.6 Å². The minimum atomic E-state index is -0.536. The Morgan fingerprint density at radius 2 is 0.882 bits per heavy atom. The van der Waals surface area contributed by atoms with Crippen LogP contribution in [0.5, 0.6) is 0 Å². The maximum absolute atomic E-state index is 12.2. The molecule has 1 atom stereocenters. The second-order valence-corrected chi connectivity index (χ2v) is 14.4. The summed E-state index contributed by atoms with van der Waals surface area (Å²) in [6.07, 6.45) is 58.5. The van der Waals surface area contributed by atoms with Crippen molar-refractivity contribution in [2.45, 2.75) is 213 Å². The van der Waals surface area contributed by atoms with E-state index < -0.39 is 6.10 Å². The number of carbonyl (C=O) groups is 1. The van der Waals surface area contributed by atoms with Crippen molar-refractivity contribution in [3.63, 3.8) is 0 Å². The van der Waals surface area contributed by atoms with Crippen LogP contribution in [-0.2, 0) is 14.3 Å². The Labute approximate surface area is 317 Å². The predicted octanol–water partition coefficient (Wildman–Crippen LogP) is 14.4. The first kappa shape index (κ1) is 49.1.